The Morgan fingerprint density at radius 2 is 1.39 bits per heavy atom. The van der Waals surface area contributed by atoms with Gasteiger partial charge in [0.05, 0.1) is 15.9 Å². The predicted octanol–water partition coefficient (Wildman–Crippen LogP) is 1.01. The smallest absolute Gasteiger partial charge is 0.748 e. The molecular weight excluding hydrogens is 389 g/mol. The summed E-state index contributed by atoms with van der Waals surface area (Å²) in [5.41, 5.74) is 0. The van der Waals surface area contributed by atoms with E-state index in [-0.39, 0.29) is 36.0 Å². The largest absolute Gasteiger partial charge is 1.00 e. The van der Waals surface area contributed by atoms with Crippen LogP contribution in [0.4, 0.5) is 0 Å². The first kappa shape index (κ1) is 30.3. The van der Waals surface area contributed by atoms with E-state index in [0.29, 0.717) is 6.42 Å². The van der Waals surface area contributed by atoms with Crippen LogP contribution in [0.5, 0.6) is 0 Å². The van der Waals surface area contributed by atoms with Crippen molar-refractivity contribution in [3.63, 3.8) is 0 Å². The van der Waals surface area contributed by atoms with Crippen LogP contribution >= 0.6 is 0 Å². The zero-order valence-electron chi connectivity index (χ0n) is 17.8. The average Bonchev–Trinajstić information content (AvgIpc) is 2.56. The summed E-state index contributed by atoms with van der Waals surface area (Å²) in [6.45, 7) is 2.24. The third kappa shape index (κ3) is 24.1. The van der Waals surface area contributed by atoms with Gasteiger partial charge in [0.1, 0.15) is 6.23 Å². The third-order valence-electron chi connectivity index (χ3n) is 4.36. The van der Waals surface area contributed by atoms with Crippen LogP contribution in [0.1, 0.15) is 96.8 Å². The molecule has 0 rings (SSSR count). The van der Waals surface area contributed by atoms with Gasteiger partial charge in [-0.25, -0.2) is 8.42 Å². The van der Waals surface area contributed by atoms with E-state index in [1.807, 2.05) is 0 Å². The van der Waals surface area contributed by atoms with Gasteiger partial charge in [0, 0.05) is 6.42 Å². The molecule has 0 aliphatic carbocycles. The van der Waals surface area contributed by atoms with Crippen molar-refractivity contribution in [1.29, 1.82) is 0 Å². The number of carbonyl (C=O) groups is 1. The second-order valence-electron chi connectivity index (χ2n) is 7.14. The van der Waals surface area contributed by atoms with E-state index in [1.54, 1.807) is 0 Å². The maximum Gasteiger partial charge on any atom is 1.00 e. The molecule has 0 aliphatic heterocycles. The van der Waals surface area contributed by atoms with Crippen LogP contribution < -0.4 is 34.9 Å². The fourth-order valence-electron chi connectivity index (χ4n) is 2.85. The van der Waals surface area contributed by atoms with Crippen LogP contribution in [-0.4, -0.2) is 36.0 Å². The van der Waals surface area contributed by atoms with Crippen molar-refractivity contribution in [3.8, 4) is 0 Å². The quantitative estimate of drug-likeness (QED) is 0.112. The second kappa shape index (κ2) is 20.4. The van der Waals surface area contributed by atoms with Crippen molar-refractivity contribution >= 4 is 16.0 Å². The first-order valence-electron chi connectivity index (χ1n) is 10.4. The van der Waals surface area contributed by atoms with Crippen LogP contribution in [0.25, 0.3) is 0 Å². The van der Waals surface area contributed by atoms with Crippen LogP contribution in [0, 0.1) is 0 Å². The number of hydrogen-bond donors (Lipinski definition) is 2. The summed E-state index contributed by atoms with van der Waals surface area (Å²) in [5.74, 6) is -1.42. The van der Waals surface area contributed by atoms with Crippen LogP contribution in [-0.2, 0) is 14.9 Å². The molecule has 0 saturated carbocycles. The number of unbranched alkanes of at least 4 members (excludes halogenated alkanes) is 11. The summed E-state index contributed by atoms with van der Waals surface area (Å²) in [6.07, 6.45) is 18.4. The zero-order valence-corrected chi connectivity index (χ0v) is 20.6. The number of allylic oxidation sites excluding steroid dienone is 2. The number of rotatable bonds is 18. The van der Waals surface area contributed by atoms with Crippen molar-refractivity contribution < 1.29 is 52.4 Å². The molecule has 1 unspecified atom stereocenters. The third-order valence-corrected chi connectivity index (χ3v) is 5.08. The van der Waals surface area contributed by atoms with E-state index in [4.69, 9.17) is 0 Å². The van der Waals surface area contributed by atoms with Gasteiger partial charge in [0.15, 0.2) is 0 Å². The minimum atomic E-state index is -4.54. The van der Waals surface area contributed by atoms with E-state index in [0.717, 1.165) is 32.1 Å². The van der Waals surface area contributed by atoms with E-state index in [2.05, 4.69) is 24.4 Å². The van der Waals surface area contributed by atoms with Crippen molar-refractivity contribution in [1.82, 2.24) is 5.32 Å². The Hall–Kier alpha value is 0.0800. The number of aliphatic hydroxyl groups is 1. The monoisotopic (exact) mass is 427 g/mol. The minimum Gasteiger partial charge on any atom is -0.748 e. The maximum absolute atomic E-state index is 11.5. The van der Waals surface area contributed by atoms with Gasteiger partial charge in [-0.3, -0.25) is 4.79 Å². The molecule has 1 atom stereocenters. The molecule has 6 nitrogen and oxygen atoms in total. The Bertz CT molecular complexity index is 497. The fourth-order valence-corrected chi connectivity index (χ4v) is 3.32. The molecule has 2 N–H and O–H groups in total. The summed E-state index contributed by atoms with van der Waals surface area (Å²) < 4.78 is 31.4. The minimum absolute atomic E-state index is 0. The van der Waals surface area contributed by atoms with E-state index in [1.165, 1.54) is 44.9 Å². The molecule has 160 valence electrons. The summed E-state index contributed by atoms with van der Waals surface area (Å²) in [5, 5.41) is 11.4. The van der Waals surface area contributed by atoms with Crippen molar-refractivity contribution in [2.24, 2.45) is 0 Å². The SMILES string of the molecule is CCCCCCCC/C=C\CCCCCCCC(=O)NC(O)CS(=O)(=O)[O-].[Na+]. The van der Waals surface area contributed by atoms with Crippen molar-refractivity contribution in [2.75, 3.05) is 5.75 Å². The fraction of sp³-hybridized carbons (Fsp3) is 0.850. The number of nitrogens with one attached hydrogen (secondary N) is 1. The van der Waals surface area contributed by atoms with Gasteiger partial charge < -0.3 is 15.0 Å². The average molecular weight is 428 g/mol. The number of hydrogen-bond acceptors (Lipinski definition) is 5. The molecular formula is C20H38NNaO5S. The van der Waals surface area contributed by atoms with Gasteiger partial charge in [-0.2, -0.15) is 0 Å². The number of amides is 1. The summed E-state index contributed by atoms with van der Waals surface area (Å²) in [6, 6.07) is 0. The molecule has 8 heteroatoms. The number of carbonyl (C=O) groups excluding carboxylic acids is 1. The molecule has 0 heterocycles. The second-order valence-corrected chi connectivity index (χ2v) is 8.59. The Morgan fingerprint density at radius 3 is 1.89 bits per heavy atom. The van der Waals surface area contributed by atoms with Crippen LogP contribution in [0.2, 0.25) is 0 Å². The molecule has 0 aliphatic rings. The Kier molecular flexibility index (Phi) is 22.0. The molecule has 0 fully saturated rings. The van der Waals surface area contributed by atoms with Crippen molar-refractivity contribution in [3.05, 3.63) is 12.2 Å². The van der Waals surface area contributed by atoms with Crippen molar-refractivity contribution in [2.45, 2.75) is 103 Å². The Morgan fingerprint density at radius 1 is 0.929 bits per heavy atom. The van der Waals surface area contributed by atoms with Gasteiger partial charge in [-0.1, -0.05) is 70.4 Å². The van der Waals surface area contributed by atoms with Gasteiger partial charge in [-0.05, 0) is 32.1 Å². The van der Waals surface area contributed by atoms with Gasteiger partial charge in [0.2, 0.25) is 5.91 Å². The molecule has 0 aromatic carbocycles. The molecule has 0 radical (unpaired) electrons. The van der Waals surface area contributed by atoms with Crippen LogP contribution in [0.15, 0.2) is 12.2 Å². The number of aliphatic hydroxyl groups excluding tert-OH is 1. The van der Waals surface area contributed by atoms with E-state index in [9.17, 15) is 22.9 Å². The maximum atomic E-state index is 11.5. The van der Waals surface area contributed by atoms with E-state index >= 15 is 0 Å². The molecule has 0 aromatic heterocycles. The topological polar surface area (TPSA) is 107 Å². The first-order valence-corrected chi connectivity index (χ1v) is 12.0. The van der Waals surface area contributed by atoms with Gasteiger partial charge in [-0.15, -0.1) is 0 Å². The standard InChI is InChI=1S/C20H39NO5S.Na/c1-2-3-4-5-6-7-8-9-10-11-12-13-14-15-16-17-19(22)21-20(23)18-27(24,25)26;/h9-10,20,23H,2-8,11-18H2,1H3,(H,21,22)(H,24,25,26);/q;+1/p-1/b10-9-;. The molecule has 0 bridgehead atoms. The molecule has 0 saturated heterocycles. The zero-order chi connectivity index (χ0) is 20.4. The molecule has 28 heavy (non-hydrogen) atoms. The molecule has 0 aromatic rings. The summed E-state index contributed by atoms with van der Waals surface area (Å²) >= 11 is 0. The normalized spacial score (nSPS) is 12.7. The molecule has 0 spiro atoms. The molecule has 1 amide bonds. The van der Waals surface area contributed by atoms with E-state index < -0.39 is 28.0 Å². The van der Waals surface area contributed by atoms with Gasteiger partial charge >= 0.3 is 29.6 Å². The Labute approximate surface area is 194 Å². The summed E-state index contributed by atoms with van der Waals surface area (Å²) in [7, 11) is -4.54. The summed E-state index contributed by atoms with van der Waals surface area (Å²) in [4.78, 5) is 11.5. The Balaban J connectivity index is 0. The predicted molar refractivity (Wildman–Crippen MR) is 108 cm³/mol. The van der Waals surface area contributed by atoms with Gasteiger partial charge in [0.25, 0.3) is 0 Å². The first-order chi connectivity index (χ1) is 12.8. The van der Waals surface area contributed by atoms with Crippen LogP contribution in [0.3, 0.4) is 0 Å².